The van der Waals surface area contributed by atoms with Crippen LogP contribution in [-0.4, -0.2) is 14.8 Å². The number of pyridine rings is 1. The highest BCUT2D eigenvalue weighted by atomic mass is 35.5. The number of hydrogen-bond acceptors (Lipinski definition) is 3. The van der Waals surface area contributed by atoms with Crippen LogP contribution in [0.25, 0.3) is 16.6 Å². The van der Waals surface area contributed by atoms with Gasteiger partial charge in [0, 0.05) is 28.7 Å². The van der Waals surface area contributed by atoms with Crippen LogP contribution in [0.3, 0.4) is 0 Å². The summed E-state index contributed by atoms with van der Waals surface area (Å²) in [6.45, 7) is 4.49. The lowest BCUT2D eigenvalue weighted by atomic mass is 10.1. The molecule has 3 nitrogen and oxygen atoms in total. The Bertz CT molecular complexity index is 1180. The number of halogens is 3. The molecule has 144 valence electrons. The summed E-state index contributed by atoms with van der Waals surface area (Å²) in [5.74, 6) is -2.05. The number of thioether (sulfide) groups is 1. The fraction of sp³-hybridized carbons (Fsp3) is 0.190. The number of rotatable bonds is 3. The van der Waals surface area contributed by atoms with Crippen molar-refractivity contribution < 1.29 is 8.78 Å². The molecular weight excluding hydrogens is 402 g/mol. The molecular formula is C21H17ClF2N2OS. The van der Waals surface area contributed by atoms with Gasteiger partial charge in [-0.05, 0) is 55.2 Å². The minimum atomic E-state index is -1.05. The molecule has 2 aromatic carbocycles. The summed E-state index contributed by atoms with van der Waals surface area (Å²) in [6, 6.07) is 10.6. The molecule has 0 radical (unpaired) electrons. The van der Waals surface area contributed by atoms with Crippen molar-refractivity contribution in [2.75, 3.05) is 0 Å². The SMILES string of the molecule is CC1=CSC(C)N1Cc1cc(=O)n(-c2cccc(Cl)c2)c2c(F)c(F)ccc12. The van der Waals surface area contributed by atoms with Crippen LogP contribution in [0.5, 0.6) is 0 Å². The van der Waals surface area contributed by atoms with Crippen LogP contribution in [0.1, 0.15) is 19.4 Å². The molecule has 4 rings (SSSR count). The number of hydrogen-bond donors (Lipinski definition) is 0. The van der Waals surface area contributed by atoms with Gasteiger partial charge in [-0.15, -0.1) is 11.8 Å². The van der Waals surface area contributed by atoms with Gasteiger partial charge in [0.05, 0.1) is 16.6 Å². The highest BCUT2D eigenvalue weighted by Gasteiger charge is 2.23. The van der Waals surface area contributed by atoms with Crippen LogP contribution < -0.4 is 5.56 Å². The van der Waals surface area contributed by atoms with E-state index in [1.54, 1.807) is 36.0 Å². The Hall–Kier alpha value is -2.31. The second-order valence-corrected chi connectivity index (χ2v) is 8.33. The van der Waals surface area contributed by atoms with Crippen molar-refractivity contribution >= 4 is 34.3 Å². The quantitative estimate of drug-likeness (QED) is 0.547. The van der Waals surface area contributed by atoms with Gasteiger partial charge in [-0.2, -0.15) is 0 Å². The molecule has 0 bridgehead atoms. The summed E-state index contributed by atoms with van der Waals surface area (Å²) in [7, 11) is 0. The summed E-state index contributed by atoms with van der Waals surface area (Å²) in [4.78, 5) is 15.1. The summed E-state index contributed by atoms with van der Waals surface area (Å²) < 4.78 is 30.1. The average Bonchev–Trinajstić information content (AvgIpc) is 2.97. The lowest BCUT2D eigenvalue weighted by Crippen LogP contribution is -2.27. The molecule has 1 unspecified atom stereocenters. The first-order valence-corrected chi connectivity index (χ1v) is 10.1. The number of fused-ring (bicyclic) bond motifs is 1. The molecule has 1 aliphatic heterocycles. The van der Waals surface area contributed by atoms with Crippen LogP contribution >= 0.6 is 23.4 Å². The molecule has 0 N–H and O–H groups in total. The van der Waals surface area contributed by atoms with E-state index in [0.717, 1.165) is 11.8 Å². The third-order valence-corrected chi connectivity index (χ3v) is 6.25. The van der Waals surface area contributed by atoms with E-state index in [1.807, 2.05) is 6.92 Å². The summed E-state index contributed by atoms with van der Waals surface area (Å²) in [5.41, 5.74) is 1.60. The molecule has 1 aromatic heterocycles. The monoisotopic (exact) mass is 418 g/mol. The minimum absolute atomic E-state index is 0.0779. The zero-order valence-electron chi connectivity index (χ0n) is 15.2. The van der Waals surface area contributed by atoms with Crippen LogP contribution in [-0.2, 0) is 6.54 Å². The normalized spacial score (nSPS) is 16.7. The molecule has 28 heavy (non-hydrogen) atoms. The maximum Gasteiger partial charge on any atom is 0.256 e. The van der Waals surface area contributed by atoms with E-state index in [4.69, 9.17) is 11.6 Å². The standard InChI is InChI=1S/C21H17ClF2N2OS/c1-12-11-28-13(2)25(12)10-14-8-19(27)26(16-5-3-4-15(22)9-16)21-17(14)6-7-18(23)20(21)24/h3-9,11,13H,10H2,1-2H3. The third-order valence-electron chi connectivity index (χ3n) is 4.89. The first kappa shape index (κ1) is 19.0. The zero-order valence-corrected chi connectivity index (χ0v) is 16.8. The molecule has 7 heteroatoms. The van der Waals surface area contributed by atoms with Crippen molar-refractivity contribution in [3.05, 3.63) is 86.1 Å². The van der Waals surface area contributed by atoms with E-state index in [0.29, 0.717) is 28.2 Å². The average molecular weight is 419 g/mol. The van der Waals surface area contributed by atoms with Gasteiger partial charge in [0.2, 0.25) is 0 Å². The van der Waals surface area contributed by atoms with E-state index in [1.165, 1.54) is 16.7 Å². The van der Waals surface area contributed by atoms with E-state index in [9.17, 15) is 13.6 Å². The summed E-state index contributed by atoms with van der Waals surface area (Å²) in [6.07, 6.45) is 0. The van der Waals surface area contributed by atoms with Crippen LogP contribution in [0.2, 0.25) is 5.02 Å². The fourth-order valence-corrected chi connectivity index (χ4v) is 4.58. The van der Waals surface area contributed by atoms with Gasteiger partial charge >= 0.3 is 0 Å². The van der Waals surface area contributed by atoms with Gasteiger partial charge in [-0.3, -0.25) is 9.36 Å². The topological polar surface area (TPSA) is 25.2 Å². The van der Waals surface area contributed by atoms with Gasteiger partial charge in [0.1, 0.15) is 0 Å². The smallest absolute Gasteiger partial charge is 0.256 e. The third kappa shape index (κ3) is 3.20. The molecule has 0 spiro atoms. The lowest BCUT2D eigenvalue weighted by molar-refractivity contribution is 0.340. The Morgan fingerprint density at radius 3 is 2.64 bits per heavy atom. The first-order chi connectivity index (χ1) is 13.4. The highest BCUT2D eigenvalue weighted by Crippen LogP contribution is 2.33. The second kappa shape index (κ2) is 7.26. The van der Waals surface area contributed by atoms with E-state index in [2.05, 4.69) is 17.2 Å². The molecule has 0 saturated heterocycles. The lowest BCUT2D eigenvalue weighted by Gasteiger charge is -2.26. The Balaban J connectivity index is 1.98. The maximum absolute atomic E-state index is 14.9. The second-order valence-electron chi connectivity index (χ2n) is 6.70. The molecule has 1 aliphatic rings. The van der Waals surface area contributed by atoms with Gasteiger partial charge in [0.15, 0.2) is 11.6 Å². The molecule has 1 atom stereocenters. The Kier molecular flexibility index (Phi) is 4.93. The van der Waals surface area contributed by atoms with Crippen molar-refractivity contribution in [2.24, 2.45) is 0 Å². The Morgan fingerprint density at radius 1 is 1.18 bits per heavy atom. The van der Waals surface area contributed by atoms with Gasteiger partial charge in [-0.1, -0.05) is 17.7 Å². The Morgan fingerprint density at radius 2 is 1.96 bits per heavy atom. The molecule has 2 heterocycles. The molecule has 0 amide bonds. The number of allylic oxidation sites excluding steroid dienone is 1. The van der Waals surface area contributed by atoms with Gasteiger partial charge in [0.25, 0.3) is 5.56 Å². The summed E-state index contributed by atoms with van der Waals surface area (Å²) >= 11 is 7.73. The predicted molar refractivity (Wildman–Crippen MR) is 111 cm³/mol. The molecule has 3 aromatic rings. The fourth-order valence-electron chi connectivity index (χ4n) is 3.48. The van der Waals surface area contributed by atoms with E-state index in [-0.39, 0.29) is 10.9 Å². The number of benzene rings is 2. The maximum atomic E-state index is 14.9. The van der Waals surface area contributed by atoms with Crippen molar-refractivity contribution in [1.29, 1.82) is 0 Å². The van der Waals surface area contributed by atoms with Crippen LogP contribution in [0.4, 0.5) is 8.78 Å². The number of aromatic nitrogens is 1. The first-order valence-electron chi connectivity index (χ1n) is 8.74. The summed E-state index contributed by atoms with van der Waals surface area (Å²) in [5, 5.41) is 3.16. The van der Waals surface area contributed by atoms with Crippen molar-refractivity contribution in [2.45, 2.75) is 25.8 Å². The highest BCUT2D eigenvalue weighted by molar-refractivity contribution is 8.02. The molecule has 0 aliphatic carbocycles. The van der Waals surface area contributed by atoms with E-state index >= 15 is 0 Å². The number of nitrogens with zero attached hydrogens (tertiary/aromatic N) is 2. The van der Waals surface area contributed by atoms with E-state index < -0.39 is 17.2 Å². The van der Waals surface area contributed by atoms with Gasteiger partial charge in [-0.25, -0.2) is 8.78 Å². The zero-order chi connectivity index (χ0) is 20.0. The van der Waals surface area contributed by atoms with Crippen LogP contribution in [0.15, 0.2) is 58.4 Å². The largest absolute Gasteiger partial charge is 0.358 e. The van der Waals surface area contributed by atoms with Crippen molar-refractivity contribution in [1.82, 2.24) is 9.47 Å². The Labute approximate surface area is 170 Å². The van der Waals surface area contributed by atoms with Crippen LogP contribution in [0, 0.1) is 11.6 Å². The molecule has 0 fully saturated rings. The van der Waals surface area contributed by atoms with Gasteiger partial charge < -0.3 is 4.90 Å². The predicted octanol–water partition coefficient (Wildman–Crippen LogP) is 5.68. The molecule has 0 saturated carbocycles. The minimum Gasteiger partial charge on any atom is -0.358 e. The van der Waals surface area contributed by atoms with Crippen molar-refractivity contribution in [3.63, 3.8) is 0 Å². The van der Waals surface area contributed by atoms with Crippen molar-refractivity contribution in [3.8, 4) is 5.69 Å².